The Balaban J connectivity index is 1.38. The maximum Gasteiger partial charge on any atom is 0.336 e. The Morgan fingerprint density at radius 1 is 0.872 bits per heavy atom. The van der Waals surface area contributed by atoms with Crippen molar-refractivity contribution in [2.75, 3.05) is 4.90 Å². The number of carbonyl (C=O) groups is 1. The Hall–Kier alpha value is -4.95. The van der Waals surface area contributed by atoms with E-state index < -0.39 is 5.97 Å². The van der Waals surface area contributed by atoms with Crippen LogP contribution in [-0.2, 0) is 0 Å². The minimum atomic E-state index is -1.02. The van der Waals surface area contributed by atoms with Crippen molar-refractivity contribution >= 4 is 29.0 Å². The summed E-state index contributed by atoms with van der Waals surface area (Å²) in [7, 11) is 0. The third-order valence-electron chi connectivity index (χ3n) is 6.53. The van der Waals surface area contributed by atoms with Gasteiger partial charge in [-0.05, 0) is 78.9 Å². The molecular weight excluding hydrogens is 510 g/mol. The van der Waals surface area contributed by atoms with E-state index in [2.05, 4.69) is 10.3 Å². The van der Waals surface area contributed by atoms with Gasteiger partial charge in [0.15, 0.2) is 5.11 Å². The van der Waals surface area contributed by atoms with Crippen molar-refractivity contribution in [3.05, 3.63) is 132 Å². The summed E-state index contributed by atoms with van der Waals surface area (Å²) in [6.45, 7) is 0. The second-order valence-electron chi connectivity index (χ2n) is 8.96. The van der Waals surface area contributed by atoms with Crippen LogP contribution in [-0.4, -0.2) is 21.2 Å². The number of anilines is 1. The third-order valence-corrected chi connectivity index (χ3v) is 6.85. The predicted molar refractivity (Wildman–Crippen MR) is 152 cm³/mol. The summed E-state index contributed by atoms with van der Waals surface area (Å²) in [4.78, 5) is 18.4. The fourth-order valence-electron chi connectivity index (χ4n) is 4.76. The lowest BCUT2D eigenvalue weighted by Gasteiger charge is -2.26. The van der Waals surface area contributed by atoms with E-state index in [0.717, 1.165) is 17.1 Å². The molecule has 0 radical (unpaired) electrons. The zero-order valence-corrected chi connectivity index (χ0v) is 21.4. The minimum absolute atomic E-state index is 0.172. The molecule has 0 unspecified atom stereocenters. The number of furan rings is 1. The Kier molecular flexibility index (Phi) is 6.52. The fraction of sp³-hybridized carbons (Fsp3) is 0.0645. The monoisotopic (exact) mass is 533 g/mol. The van der Waals surface area contributed by atoms with Gasteiger partial charge in [-0.15, -0.1) is 0 Å². The van der Waals surface area contributed by atoms with Crippen LogP contribution >= 0.6 is 12.2 Å². The van der Waals surface area contributed by atoms with Gasteiger partial charge in [-0.2, -0.15) is 0 Å². The number of ether oxygens (including phenoxy) is 1. The second kappa shape index (κ2) is 10.4. The Morgan fingerprint density at radius 3 is 2.33 bits per heavy atom. The summed E-state index contributed by atoms with van der Waals surface area (Å²) in [5, 5.41) is 13.6. The number of aromatic carboxylic acids is 1. The van der Waals surface area contributed by atoms with Gasteiger partial charge in [-0.25, -0.2) is 4.79 Å². The number of nitrogens with one attached hydrogen (secondary N) is 1. The molecule has 192 valence electrons. The lowest BCUT2D eigenvalue weighted by molar-refractivity contribution is 0.0697. The zero-order valence-electron chi connectivity index (χ0n) is 20.6. The molecule has 2 aromatic heterocycles. The third kappa shape index (κ3) is 4.85. The number of carboxylic acids is 1. The molecule has 1 saturated heterocycles. The molecular formula is C31H23N3O4S. The molecule has 3 heterocycles. The van der Waals surface area contributed by atoms with Gasteiger partial charge in [0.1, 0.15) is 29.1 Å². The van der Waals surface area contributed by atoms with E-state index in [1.54, 1.807) is 36.5 Å². The highest BCUT2D eigenvalue weighted by Gasteiger charge is 2.42. The molecule has 0 spiro atoms. The average Bonchev–Trinajstić information content (AvgIpc) is 3.59. The Labute approximate surface area is 230 Å². The molecule has 1 fully saturated rings. The van der Waals surface area contributed by atoms with Crippen LogP contribution in [0.5, 0.6) is 11.5 Å². The van der Waals surface area contributed by atoms with Gasteiger partial charge in [0, 0.05) is 17.4 Å². The van der Waals surface area contributed by atoms with Gasteiger partial charge in [-0.1, -0.05) is 42.5 Å². The second-order valence-corrected chi connectivity index (χ2v) is 9.35. The summed E-state index contributed by atoms with van der Waals surface area (Å²) in [6.07, 6.45) is 1.74. The van der Waals surface area contributed by atoms with Crippen molar-refractivity contribution in [1.29, 1.82) is 0 Å². The van der Waals surface area contributed by atoms with E-state index in [1.165, 1.54) is 0 Å². The molecule has 39 heavy (non-hydrogen) atoms. The summed E-state index contributed by atoms with van der Waals surface area (Å²) >= 11 is 5.81. The maximum atomic E-state index is 11.8. The number of para-hydroxylation sites is 1. The lowest BCUT2D eigenvalue weighted by atomic mass is 10.0. The first-order chi connectivity index (χ1) is 19.1. The molecule has 0 amide bonds. The number of hydrogen-bond donors (Lipinski definition) is 2. The molecule has 0 aliphatic carbocycles. The molecule has 7 nitrogen and oxygen atoms in total. The van der Waals surface area contributed by atoms with Crippen molar-refractivity contribution in [1.82, 2.24) is 10.3 Å². The highest BCUT2D eigenvalue weighted by molar-refractivity contribution is 7.80. The molecule has 0 saturated carbocycles. The number of pyridine rings is 1. The summed E-state index contributed by atoms with van der Waals surface area (Å²) < 4.78 is 12.3. The number of benzene rings is 3. The molecule has 5 aromatic rings. The van der Waals surface area contributed by atoms with Crippen molar-refractivity contribution in [2.45, 2.75) is 12.1 Å². The summed E-state index contributed by atoms with van der Waals surface area (Å²) in [5.41, 5.74) is 2.33. The molecule has 1 aliphatic rings. The van der Waals surface area contributed by atoms with Gasteiger partial charge in [-0.3, -0.25) is 4.98 Å². The normalized spacial score (nSPS) is 16.6. The maximum absolute atomic E-state index is 11.8. The quantitative estimate of drug-likeness (QED) is 0.216. The van der Waals surface area contributed by atoms with Crippen molar-refractivity contribution in [3.8, 4) is 22.8 Å². The number of nitrogens with zero attached hydrogens (tertiary/aromatic N) is 2. The first kappa shape index (κ1) is 24.4. The van der Waals surface area contributed by atoms with Crippen LogP contribution in [0.3, 0.4) is 0 Å². The molecule has 2 N–H and O–H groups in total. The standard InChI is InChI=1S/C31H23N3O4S/c35-30(36)24-11-5-4-10-23(24)26-17-18-27(38-26)29-28(25-12-6-7-19-32-25)33-31(39)34(29)20-13-15-22(16-14-20)37-21-8-2-1-3-9-21/h1-19,28-29H,(H,33,39)(H,35,36)/t28-,29-/m0/s1. The van der Waals surface area contributed by atoms with Crippen LogP contribution in [0.25, 0.3) is 11.3 Å². The smallest absolute Gasteiger partial charge is 0.336 e. The minimum Gasteiger partial charge on any atom is -0.478 e. The highest BCUT2D eigenvalue weighted by atomic mass is 32.1. The van der Waals surface area contributed by atoms with Gasteiger partial charge in [0.2, 0.25) is 0 Å². The number of thiocarbonyl (C=S) groups is 1. The molecule has 2 atom stereocenters. The van der Waals surface area contributed by atoms with Gasteiger partial charge in [0.25, 0.3) is 0 Å². The fourth-order valence-corrected chi connectivity index (χ4v) is 5.11. The average molecular weight is 534 g/mol. The van der Waals surface area contributed by atoms with E-state index in [1.807, 2.05) is 83.8 Å². The number of rotatable bonds is 7. The van der Waals surface area contributed by atoms with Gasteiger partial charge in [0.05, 0.1) is 17.3 Å². The van der Waals surface area contributed by atoms with Crippen LogP contribution in [0, 0.1) is 0 Å². The van der Waals surface area contributed by atoms with E-state index >= 15 is 0 Å². The highest BCUT2D eigenvalue weighted by Crippen LogP contribution is 2.43. The predicted octanol–water partition coefficient (Wildman–Crippen LogP) is 7.01. The topological polar surface area (TPSA) is 87.8 Å². The summed E-state index contributed by atoms with van der Waals surface area (Å²) in [6, 6.07) is 32.8. The van der Waals surface area contributed by atoms with Gasteiger partial charge < -0.3 is 24.5 Å². The molecule has 6 rings (SSSR count). The Morgan fingerprint density at radius 2 is 1.59 bits per heavy atom. The number of carboxylic acid groups (broad SMARTS) is 1. The van der Waals surface area contributed by atoms with E-state index in [4.69, 9.17) is 21.4 Å². The van der Waals surface area contributed by atoms with Crippen molar-refractivity contribution < 1.29 is 19.1 Å². The lowest BCUT2D eigenvalue weighted by Crippen LogP contribution is -2.29. The van der Waals surface area contributed by atoms with E-state index in [0.29, 0.717) is 27.9 Å². The van der Waals surface area contributed by atoms with Crippen LogP contribution in [0.2, 0.25) is 0 Å². The largest absolute Gasteiger partial charge is 0.478 e. The van der Waals surface area contributed by atoms with Gasteiger partial charge >= 0.3 is 5.97 Å². The van der Waals surface area contributed by atoms with Crippen molar-refractivity contribution in [2.24, 2.45) is 0 Å². The first-order valence-electron chi connectivity index (χ1n) is 12.3. The molecule has 3 aromatic carbocycles. The zero-order chi connectivity index (χ0) is 26.8. The Bertz CT molecular complexity index is 1620. The van der Waals surface area contributed by atoms with Crippen LogP contribution in [0.1, 0.15) is 33.9 Å². The van der Waals surface area contributed by atoms with Crippen LogP contribution in [0.15, 0.2) is 120 Å². The SMILES string of the molecule is O=C(O)c1ccccc1-c1ccc([C@H]2[C@H](c3ccccn3)NC(=S)N2c2ccc(Oc3ccccc3)cc2)o1. The van der Waals surface area contributed by atoms with E-state index in [9.17, 15) is 9.90 Å². The molecule has 8 heteroatoms. The van der Waals surface area contributed by atoms with Crippen LogP contribution < -0.4 is 15.0 Å². The first-order valence-corrected chi connectivity index (χ1v) is 12.8. The van der Waals surface area contributed by atoms with Crippen molar-refractivity contribution in [3.63, 3.8) is 0 Å². The summed E-state index contributed by atoms with van der Waals surface area (Å²) in [5.74, 6) is 1.52. The van der Waals surface area contributed by atoms with E-state index in [-0.39, 0.29) is 17.6 Å². The van der Waals surface area contributed by atoms with Crippen LogP contribution in [0.4, 0.5) is 5.69 Å². The molecule has 0 bridgehead atoms. The molecule has 1 aliphatic heterocycles. The number of aromatic nitrogens is 1. The number of hydrogen-bond acceptors (Lipinski definition) is 5.